The summed E-state index contributed by atoms with van der Waals surface area (Å²) in [6.07, 6.45) is 0. The van der Waals surface area contributed by atoms with Gasteiger partial charge in [-0.15, -0.1) is 11.8 Å². The lowest BCUT2D eigenvalue weighted by Gasteiger charge is -2.26. The number of thioether (sulfide) groups is 1. The van der Waals surface area contributed by atoms with Crippen LogP contribution in [0.15, 0.2) is 22.7 Å². The van der Waals surface area contributed by atoms with Gasteiger partial charge in [0.05, 0.1) is 31.3 Å². The van der Waals surface area contributed by atoms with Gasteiger partial charge in [0.25, 0.3) is 0 Å². The number of morpholine rings is 1. The van der Waals surface area contributed by atoms with Crippen LogP contribution in [0.5, 0.6) is 0 Å². The minimum atomic E-state index is -0.259. The van der Waals surface area contributed by atoms with Crippen LogP contribution < -0.4 is 5.32 Å². The van der Waals surface area contributed by atoms with Crippen LogP contribution in [0.25, 0.3) is 0 Å². The van der Waals surface area contributed by atoms with E-state index in [9.17, 15) is 14.4 Å². The third-order valence-corrected chi connectivity index (χ3v) is 5.48. The molecule has 27 heavy (non-hydrogen) atoms. The Morgan fingerprint density at radius 2 is 1.96 bits per heavy atom. The SMILES string of the molecule is Cc1cc(Br)ccc1NC(=O)CN(C)C(=O)CSCC(=O)N1CCOCC1. The fraction of sp³-hybridized carbons (Fsp3) is 0.500. The van der Waals surface area contributed by atoms with E-state index in [4.69, 9.17) is 4.74 Å². The number of carbonyl (C=O) groups is 3. The summed E-state index contributed by atoms with van der Waals surface area (Å²) in [6, 6.07) is 5.57. The molecule has 0 saturated carbocycles. The minimum absolute atomic E-state index is 0.0159. The molecule has 1 saturated heterocycles. The Balaban J connectivity index is 1.71. The largest absolute Gasteiger partial charge is 0.378 e. The monoisotopic (exact) mass is 457 g/mol. The molecule has 7 nitrogen and oxygen atoms in total. The number of ether oxygens (including phenoxy) is 1. The van der Waals surface area contributed by atoms with Gasteiger partial charge in [0.2, 0.25) is 17.7 Å². The van der Waals surface area contributed by atoms with E-state index in [1.807, 2.05) is 25.1 Å². The molecule has 1 fully saturated rings. The Labute approximate surface area is 171 Å². The van der Waals surface area contributed by atoms with Crippen LogP contribution in [0.3, 0.4) is 0 Å². The van der Waals surface area contributed by atoms with Crippen LogP contribution in [0.4, 0.5) is 5.69 Å². The molecule has 148 valence electrons. The van der Waals surface area contributed by atoms with Crippen LogP contribution in [-0.2, 0) is 19.1 Å². The van der Waals surface area contributed by atoms with Gasteiger partial charge in [0.1, 0.15) is 0 Å². The van der Waals surface area contributed by atoms with Crippen LogP contribution in [-0.4, -0.2) is 78.9 Å². The number of amides is 3. The predicted molar refractivity (Wildman–Crippen MR) is 110 cm³/mol. The number of halogens is 1. The number of nitrogens with one attached hydrogen (secondary N) is 1. The van der Waals surface area contributed by atoms with Gasteiger partial charge < -0.3 is 19.9 Å². The summed E-state index contributed by atoms with van der Waals surface area (Å²) >= 11 is 4.65. The van der Waals surface area contributed by atoms with Gasteiger partial charge in [-0.3, -0.25) is 14.4 Å². The zero-order chi connectivity index (χ0) is 19.8. The Morgan fingerprint density at radius 1 is 1.26 bits per heavy atom. The molecule has 1 aromatic carbocycles. The van der Waals surface area contributed by atoms with E-state index < -0.39 is 0 Å². The maximum absolute atomic E-state index is 12.2. The molecule has 0 aromatic heterocycles. The number of hydrogen-bond acceptors (Lipinski definition) is 5. The summed E-state index contributed by atoms with van der Waals surface area (Å²) in [5.41, 5.74) is 1.65. The average Bonchev–Trinajstić information content (AvgIpc) is 2.64. The number of hydrogen-bond donors (Lipinski definition) is 1. The Morgan fingerprint density at radius 3 is 2.63 bits per heavy atom. The Hall–Kier alpha value is -1.58. The summed E-state index contributed by atoms with van der Waals surface area (Å²) < 4.78 is 6.15. The number of aryl methyl sites for hydroxylation is 1. The van der Waals surface area contributed by atoms with Crippen LogP contribution in [0.2, 0.25) is 0 Å². The maximum Gasteiger partial charge on any atom is 0.243 e. The third kappa shape index (κ3) is 7.15. The quantitative estimate of drug-likeness (QED) is 0.674. The van der Waals surface area contributed by atoms with Gasteiger partial charge in [-0.05, 0) is 30.7 Å². The molecule has 0 aliphatic carbocycles. The maximum atomic E-state index is 12.2. The molecule has 1 aliphatic heterocycles. The first-order chi connectivity index (χ1) is 12.9. The second-order valence-electron chi connectivity index (χ2n) is 6.24. The van der Waals surface area contributed by atoms with Crippen molar-refractivity contribution in [3.05, 3.63) is 28.2 Å². The van der Waals surface area contributed by atoms with Gasteiger partial charge in [-0.25, -0.2) is 0 Å². The zero-order valence-corrected chi connectivity index (χ0v) is 17.9. The molecule has 3 amide bonds. The molecule has 0 unspecified atom stereocenters. The second-order valence-corrected chi connectivity index (χ2v) is 8.14. The summed E-state index contributed by atoms with van der Waals surface area (Å²) in [4.78, 5) is 39.5. The van der Waals surface area contributed by atoms with E-state index in [0.29, 0.717) is 26.3 Å². The van der Waals surface area contributed by atoms with E-state index in [0.717, 1.165) is 15.7 Å². The zero-order valence-electron chi connectivity index (χ0n) is 15.5. The molecule has 0 spiro atoms. The summed E-state index contributed by atoms with van der Waals surface area (Å²) in [5.74, 6) is -0.00793. The van der Waals surface area contributed by atoms with Crippen molar-refractivity contribution in [1.82, 2.24) is 9.80 Å². The molecule has 0 radical (unpaired) electrons. The first-order valence-electron chi connectivity index (χ1n) is 8.60. The van der Waals surface area contributed by atoms with Gasteiger partial charge >= 0.3 is 0 Å². The fourth-order valence-electron chi connectivity index (χ4n) is 2.50. The van der Waals surface area contributed by atoms with E-state index >= 15 is 0 Å². The van der Waals surface area contributed by atoms with Crippen molar-refractivity contribution < 1.29 is 19.1 Å². The molecule has 1 heterocycles. The Bertz CT molecular complexity index is 695. The number of rotatable bonds is 7. The van der Waals surface area contributed by atoms with Gasteiger partial charge in [-0.2, -0.15) is 0 Å². The summed E-state index contributed by atoms with van der Waals surface area (Å²) in [5, 5.41) is 2.81. The van der Waals surface area contributed by atoms with E-state index in [1.165, 1.54) is 16.7 Å². The van der Waals surface area contributed by atoms with Crippen molar-refractivity contribution in [2.45, 2.75) is 6.92 Å². The van der Waals surface area contributed by atoms with Crippen LogP contribution >= 0.6 is 27.7 Å². The van der Waals surface area contributed by atoms with E-state index in [2.05, 4.69) is 21.2 Å². The topological polar surface area (TPSA) is 79.0 Å². The normalized spacial score (nSPS) is 14.0. The molecule has 2 rings (SSSR count). The highest BCUT2D eigenvalue weighted by molar-refractivity contribution is 9.10. The van der Waals surface area contributed by atoms with Crippen molar-refractivity contribution >= 4 is 51.1 Å². The molecule has 1 N–H and O–H groups in total. The van der Waals surface area contributed by atoms with Gasteiger partial charge in [-0.1, -0.05) is 15.9 Å². The van der Waals surface area contributed by atoms with Crippen molar-refractivity contribution in [2.75, 3.05) is 56.7 Å². The number of benzene rings is 1. The molecule has 0 bridgehead atoms. The van der Waals surface area contributed by atoms with Gasteiger partial charge in [0.15, 0.2) is 0 Å². The highest BCUT2D eigenvalue weighted by atomic mass is 79.9. The van der Waals surface area contributed by atoms with Crippen molar-refractivity contribution in [1.29, 1.82) is 0 Å². The number of likely N-dealkylation sites (N-methyl/N-ethyl adjacent to an activating group) is 1. The number of carbonyl (C=O) groups excluding carboxylic acids is 3. The van der Waals surface area contributed by atoms with Crippen LogP contribution in [0, 0.1) is 6.92 Å². The molecule has 1 aromatic rings. The van der Waals surface area contributed by atoms with Crippen molar-refractivity contribution in [2.24, 2.45) is 0 Å². The highest BCUT2D eigenvalue weighted by Gasteiger charge is 2.18. The molecule has 1 aliphatic rings. The average molecular weight is 458 g/mol. The lowest BCUT2D eigenvalue weighted by molar-refractivity contribution is -0.132. The number of anilines is 1. The highest BCUT2D eigenvalue weighted by Crippen LogP contribution is 2.20. The van der Waals surface area contributed by atoms with Crippen LogP contribution in [0.1, 0.15) is 5.56 Å². The third-order valence-electron chi connectivity index (χ3n) is 4.08. The molecular weight excluding hydrogens is 434 g/mol. The molecular formula is C18H24BrN3O4S. The standard InChI is InChI=1S/C18H24BrN3O4S/c1-13-9-14(19)3-4-15(13)20-16(23)10-21(2)17(24)11-27-12-18(25)22-5-7-26-8-6-22/h3-4,9H,5-8,10-12H2,1-2H3,(H,20,23). The summed E-state index contributed by atoms with van der Waals surface area (Å²) in [6.45, 7) is 4.19. The molecule has 0 atom stereocenters. The first kappa shape index (κ1) is 21.7. The van der Waals surface area contributed by atoms with Crippen molar-refractivity contribution in [3.8, 4) is 0 Å². The van der Waals surface area contributed by atoms with E-state index in [1.54, 1.807) is 11.9 Å². The number of nitrogens with zero attached hydrogens (tertiary/aromatic N) is 2. The fourth-order valence-corrected chi connectivity index (χ4v) is 3.83. The Kier molecular flexibility index (Phi) is 8.59. The second kappa shape index (κ2) is 10.7. The lowest BCUT2D eigenvalue weighted by atomic mass is 10.2. The smallest absolute Gasteiger partial charge is 0.243 e. The van der Waals surface area contributed by atoms with E-state index in [-0.39, 0.29) is 35.8 Å². The first-order valence-corrected chi connectivity index (χ1v) is 10.5. The van der Waals surface area contributed by atoms with Gasteiger partial charge in [0, 0.05) is 30.3 Å². The van der Waals surface area contributed by atoms with Crippen molar-refractivity contribution in [3.63, 3.8) is 0 Å². The lowest BCUT2D eigenvalue weighted by Crippen LogP contribution is -2.42. The predicted octanol–water partition coefficient (Wildman–Crippen LogP) is 1.75. The summed E-state index contributed by atoms with van der Waals surface area (Å²) in [7, 11) is 1.58. The minimum Gasteiger partial charge on any atom is -0.378 e. The molecule has 9 heteroatoms.